The van der Waals surface area contributed by atoms with Crippen molar-refractivity contribution in [1.82, 2.24) is 0 Å². The molecule has 1 N–H and O–H groups in total. The number of ether oxygens (including phenoxy) is 2. The third kappa shape index (κ3) is 4.16. The van der Waals surface area contributed by atoms with Gasteiger partial charge in [-0.25, -0.2) is 13.4 Å². The van der Waals surface area contributed by atoms with Gasteiger partial charge in [0.1, 0.15) is 12.4 Å². The molecular weight excluding hydrogens is 385 g/mol. The van der Waals surface area contributed by atoms with Gasteiger partial charge in [-0.1, -0.05) is 6.07 Å². The summed E-state index contributed by atoms with van der Waals surface area (Å²) in [4.78, 5) is 3.63. The monoisotopic (exact) mass is 400 g/mol. The lowest BCUT2D eigenvalue weighted by Gasteiger charge is -2.15. The maximum absolute atomic E-state index is 12.9. The first-order chi connectivity index (χ1) is 12.7. The fourth-order valence-corrected chi connectivity index (χ4v) is 3.58. The van der Waals surface area contributed by atoms with Crippen molar-refractivity contribution >= 4 is 21.6 Å². The first kappa shape index (κ1) is 19.0. The Hall–Kier alpha value is -2.75. The molecule has 0 radical (unpaired) electrons. The van der Waals surface area contributed by atoms with E-state index in [2.05, 4.69) is 9.71 Å². The Bertz CT molecular complexity index is 988. The molecule has 3 rings (SSSR count). The fourth-order valence-electron chi connectivity index (χ4n) is 2.46. The summed E-state index contributed by atoms with van der Waals surface area (Å²) in [6.07, 6.45) is -4.65. The van der Waals surface area contributed by atoms with Crippen molar-refractivity contribution in [2.24, 2.45) is 4.99 Å². The molecule has 144 valence electrons. The van der Waals surface area contributed by atoms with E-state index in [-0.39, 0.29) is 11.6 Å². The molecule has 1 heterocycles. The molecule has 27 heavy (non-hydrogen) atoms. The number of nitrogens with zero attached hydrogens (tertiary/aromatic N) is 1. The van der Waals surface area contributed by atoms with Crippen LogP contribution in [0.2, 0.25) is 0 Å². The maximum Gasteiger partial charge on any atom is 0.416 e. The lowest BCUT2D eigenvalue weighted by atomic mass is 10.1. The van der Waals surface area contributed by atoms with Crippen molar-refractivity contribution in [3.05, 3.63) is 53.6 Å². The summed E-state index contributed by atoms with van der Waals surface area (Å²) in [6, 6.07) is 8.07. The third-order valence-electron chi connectivity index (χ3n) is 3.76. The van der Waals surface area contributed by atoms with Gasteiger partial charge in [0.15, 0.2) is 0 Å². The van der Waals surface area contributed by atoms with Crippen LogP contribution in [0.25, 0.3) is 0 Å². The molecular formula is C17H15F3N2O4S. The van der Waals surface area contributed by atoms with Gasteiger partial charge in [-0.15, -0.1) is 0 Å². The lowest BCUT2D eigenvalue weighted by Crippen LogP contribution is -2.17. The molecule has 0 aromatic heterocycles. The van der Waals surface area contributed by atoms with Crippen LogP contribution in [0.4, 0.5) is 18.9 Å². The smallest absolute Gasteiger partial charge is 0.416 e. The summed E-state index contributed by atoms with van der Waals surface area (Å²) in [6.45, 7) is 0.794. The molecule has 1 aliphatic heterocycles. The number of nitrogens with one attached hydrogen (secondary N) is 1. The minimum atomic E-state index is -4.65. The minimum Gasteiger partial charge on any atom is -0.497 e. The Morgan fingerprint density at radius 1 is 1.19 bits per heavy atom. The SMILES string of the molecule is COc1ccc(C2=NCCO2)c(NS(=O)(=O)c2cccc(C(F)(F)F)c2)c1. The Morgan fingerprint density at radius 2 is 1.96 bits per heavy atom. The zero-order chi connectivity index (χ0) is 19.7. The number of anilines is 1. The van der Waals surface area contributed by atoms with Crippen LogP contribution in [0.3, 0.4) is 0 Å². The van der Waals surface area contributed by atoms with Crippen molar-refractivity contribution in [2.75, 3.05) is 25.0 Å². The molecule has 0 bridgehead atoms. The molecule has 10 heteroatoms. The summed E-state index contributed by atoms with van der Waals surface area (Å²) in [7, 11) is -2.88. The van der Waals surface area contributed by atoms with Crippen molar-refractivity contribution in [2.45, 2.75) is 11.1 Å². The van der Waals surface area contributed by atoms with Gasteiger partial charge in [0.05, 0.1) is 35.4 Å². The van der Waals surface area contributed by atoms with E-state index in [1.165, 1.54) is 13.2 Å². The van der Waals surface area contributed by atoms with Crippen LogP contribution in [0.15, 0.2) is 52.4 Å². The fraction of sp³-hybridized carbons (Fsp3) is 0.235. The van der Waals surface area contributed by atoms with Crippen LogP contribution < -0.4 is 9.46 Å². The van der Waals surface area contributed by atoms with Crippen LogP contribution in [-0.4, -0.2) is 34.6 Å². The van der Waals surface area contributed by atoms with Gasteiger partial charge in [-0.2, -0.15) is 13.2 Å². The minimum absolute atomic E-state index is 0.0902. The molecule has 0 amide bonds. The Morgan fingerprint density at radius 3 is 2.59 bits per heavy atom. The molecule has 0 aliphatic carbocycles. The molecule has 0 unspecified atom stereocenters. The number of hydrogen-bond donors (Lipinski definition) is 1. The number of rotatable bonds is 5. The molecule has 0 saturated carbocycles. The van der Waals surface area contributed by atoms with E-state index < -0.39 is 26.7 Å². The highest BCUT2D eigenvalue weighted by atomic mass is 32.2. The van der Waals surface area contributed by atoms with Crippen molar-refractivity contribution in [3.63, 3.8) is 0 Å². The number of benzene rings is 2. The van der Waals surface area contributed by atoms with Crippen molar-refractivity contribution in [3.8, 4) is 5.75 Å². The summed E-state index contributed by atoms with van der Waals surface area (Å²) in [5.74, 6) is 0.610. The van der Waals surface area contributed by atoms with Gasteiger partial charge in [0.25, 0.3) is 10.0 Å². The largest absolute Gasteiger partial charge is 0.497 e. The van der Waals surface area contributed by atoms with E-state index in [0.29, 0.717) is 30.5 Å². The van der Waals surface area contributed by atoms with E-state index in [4.69, 9.17) is 9.47 Å². The van der Waals surface area contributed by atoms with E-state index in [0.717, 1.165) is 18.2 Å². The van der Waals surface area contributed by atoms with Gasteiger partial charge < -0.3 is 9.47 Å². The standard InChI is InChI=1S/C17H15F3N2O4S/c1-25-12-5-6-14(16-21-7-8-26-16)15(10-12)22-27(23,24)13-4-2-3-11(9-13)17(18,19)20/h2-6,9-10,22H,7-8H2,1H3. The zero-order valence-electron chi connectivity index (χ0n) is 14.1. The van der Waals surface area contributed by atoms with Crippen LogP contribution >= 0.6 is 0 Å². The molecule has 6 nitrogen and oxygen atoms in total. The topological polar surface area (TPSA) is 77.0 Å². The Kier molecular flexibility index (Phi) is 5.01. The highest BCUT2D eigenvalue weighted by Gasteiger charge is 2.32. The molecule has 0 spiro atoms. The van der Waals surface area contributed by atoms with Crippen LogP contribution in [-0.2, 0) is 20.9 Å². The van der Waals surface area contributed by atoms with Crippen molar-refractivity contribution < 1.29 is 31.1 Å². The summed E-state index contributed by atoms with van der Waals surface area (Å²) in [5, 5.41) is 0. The normalized spacial score (nSPS) is 14.4. The van der Waals surface area contributed by atoms with Crippen LogP contribution in [0, 0.1) is 0 Å². The van der Waals surface area contributed by atoms with E-state index >= 15 is 0 Å². The van der Waals surface area contributed by atoms with E-state index in [9.17, 15) is 21.6 Å². The van der Waals surface area contributed by atoms with Crippen LogP contribution in [0.5, 0.6) is 5.75 Å². The molecule has 0 fully saturated rings. The number of aliphatic imine (C=N–C) groups is 1. The van der Waals surface area contributed by atoms with Gasteiger partial charge in [-0.05, 0) is 30.3 Å². The van der Waals surface area contributed by atoms with Gasteiger partial charge in [0, 0.05) is 6.07 Å². The number of sulfonamides is 1. The van der Waals surface area contributed by atoms with Crippen LogP contribution in [0.1, 0.15) is 11.1 Å². The van der Waals surface area contributed by atoms with E-state index in [1.807, 2.05) is 0 Å². The first-order valence-electron chi connectivity index (χ1n) is 7.76. The summed E-state index contributed by atoms with van der Waals surface area (Å²) < 4.78 is 76.7. The number of halogens is 3. The third-order valence-corrected chi connectivity index (χ3v) is 5.12. The lowest BCUT2D eigenvalue weighted by molar-refractivity contribution is -0.137. The Balaban J connectivity index is 2.01. The number of alkyl halides is 3. The predicted molar refractivity (Wildman–Crippen MR) is 92.6 cm³/mol. The highest BCUT2D eigenvalue weighted by Crippen LogP contribution is 2.32. The molecule has 1 aliphatic rings. The molecule has 2 aromatic rings. The number of hydrogen-bond acceptors (Lipinski definition) is 5. The number of methoxy groups -OCH3 is 1. The summed E-state index contributed by atoms with van der Waals surface area (Å²) in [5.41, 5.74) is -0.601. The highest BCUT2D eigenvalue weighted by molar-refractivity contribution is 7.92. The van der Waals surface area contributed by atoms with Crippen molar-refractivity contribution in [1.29, 1.82) is 0 Å². The molecule has 0 atom stereocenters. The van der Waals surface area contributed by atoms with Gasteiger partial charge in [-0.3, -0.25) is 4.72 Å². The Labute approximate surface area is 153 Å². The average molecular weight is 400 g/mol. The van der Waals surface area contributed by atoms with Gasteiger partial charge >= 0.3 is 6.18 Å². The summed E-state index contributed by atoms with van der Waals surface area (Å²) >= 11 is 0. The maximum atomic E-state index is 12.9. The zero-order valence-corrected chi connectivity index (χ0v) is 14.9. The molecule has 0 saturated heterocycles. The second-order valence-electron chi connectivity index (χ2n) is 5.58. The molecule has 2 aromatic carbocycles. The second-order valence-corrected chi connectivity index (χ2v) is 7.26. The predicted octanol–water partition coefficient (Wildman–Crippen LogP) is 3.29. The van der Waals surface area contributed by atoms with E-state index in [1.54, 1.807) is 12.1 Å². The average Bonchev–Trinajstić information content (AvgIpc) is 3.15. The van der Waals surface area contributed by atoms with Gasteiger partial charge in [0.2, 0.25) is 5.90 Å². The first-order valence-corrected chi connectivity index (χ1v) is 9.25. The second kappa shape index (κ2) is 7.10. The quantitative estimate of drug-likeness (QED) is 0.836.